The molecule has 3 saturated heterocycles. The smallest absolute Gasteiger partial charge is 0.0971 e. The van der Waals surface area contributed by atoms with E-state index < -0.39 is 0 Å². The van der Waals surface area contributed by atoms with E-state index in [1.165, 1.54) is 64.8 Å². The van der Waals surface area contributed by atoms with Gasteiger partial charge in [-0.25, -0.2) is 0 Å². The summed E-state index contributed by atoms with van der Waals surface area (Å²) in [4.78, 5) is 5.14. The van der Waals surface area contributed by atoms with Crippen LogP contribution < -0.4 is 0 Å². The third kappa shape index (κ3) is 3.14. The molecule has 0 saturated carbocycles. The SMILES string of the molecule is CC(CCCN1CCCC1)C1CN(C)CC[C@]12CO2. The van der Waals surface area contributed by atoms with E-state index in [9.17, 15) is 0 Å². The van der Waals surface area contributed by atoms with Crippen LogP contribution in [0, 0.1) is 11.8 Å². The first kappa shape index (κ1) is 13.8. The zero-order valence-electron chi connectivity index (χ0n) is 12.7. The van der Waals surface area contributed by atoms with E-state index in [1.54, 1.807) is 0 Å². The highest BCUT2D eigenvalue weighted by atomic mass is 16.6. The summed E-state index contributed by atoms with van der Waals surface area (Å²) >= 11 is 0. The third-order valence-corrected chi connectivity index (χ3v) is 5.64. The molecule has 3 aliphatic rings. The molecule has 110 valence electrons. The average Bonchev–Trinajstić information content (AvgIpc) is 2.97. The Morgan fingerprint density at radius 2 is 2.00 bits per heavy atom. The number of hydrogen-bond acceptors (Lipinski definition) is 3. The Bertz CT molecular complexity index is 297. The van der Waals surface area contributed by atoms with Crippen molar-refractivity contribution < 1.29 is 4.74 Å². The van der Waals surface area contributed by atoms with Gasteiger partial charge in [-0.3, -0.25) is 0 Å². The van der Waals surface area contributed by atoms with Gasteiger partial charge in [0.2, 0.25) is 0 Å². The van der Waals surface area contributed by atoms with E-state index in [0.29, 0.717) is 5.60 Å². The number of ether oxygens (including phenoxy) is 1. The molecule has 0 aromatic rings. The number of piperidine rings is 1. The molecule has 0 aliphatic carbocycles. The fourth-order valence-corrected chi connectivity index (χ4v) is 4.15. The van der Waals surface area contributed by atoms with Crippen LogP contribution in [0.3, 0.4) is 0 Å². The zero-order valence-corrected chi connectivity index (χ0v) is 12.7. The molecule has 3 aliphatic heterocycles. The first-order valence-corrected chi connectivity index (χ1v) is 8.24. The van der Waals surface area contributed by atoms with Crippen LogP contribution in [-0.2, 0) is 4.74 Å². The molecule has 3 atom stereocenters. The van der Waals surface area contributed by atoms with Crippen molar-refractivity contribution >= 4 is 0 Å². The van der Waals surface area contributed by atoms with Crippen molar-refractivity contribution in [1.29, 1.82) is 0 Å². The van der Waals surface area contributed by atoms with Gasteiger partial charge in [-0.2, -0.15) is 0 Å². The average molecular weight is 266 g/mol. The van der Waals surface area contributed by atoms with Crippen LogP contribution in [0.1, 0.15) is 39.0 Å². The van der Waals surface area contributed by atoms with Crippen LogP contribution in [0.5, 0.6) is 0 Å². The van der Waals surface area contributed by atoms with E-state index in [0.717, 1.165) is 18.4 Å². The van der Waals surface area contributed by atoms with Crippen LogP contribution in [0.25, 0.3) is 0 Å². The van der Waals surface area contributed by atoms with Gasteiger partial charge >= 0.3 is 0 Å². The van der Waals surface area contributed by atoms with Crippen molar-refractivity contribution in [3.05, 3.63) is 0 Å². The Balaban J connectivity index is 1.44. The van der Waals surface area contributed by atoms with E-state index in [4.69, 9.17) is 4.74 Å². The molecule has 0 aromatic heterocycles. The molecule has 19 heavy (non-hydrogen) atoms. The number of epoxide rings is 1. The Morgan fingerprint density at radius 1 is 1.26 bits per heavy atom. The largest absolute Gasteiger partial charge is 0.369 e. The molecule has 3 nitrogen and oxygen atoms in total. The molecule has 0 bridgehead atoms. The summed E-state index contributed by atoms with van der Waals surface area (Å²) in [5.41, 5.74) is 0.291. The van der Waals surface area contributed by atoms with Crippen LogP contribution in [0.2, 0.25) is 0 Å². The maximum Gasteiger partial charge on any atom is 0.0971 e. The lowest BCUT2D eigenvalue weighted by Crippen LogP contribution is -2.46. The normalized spacial score (nSPS) is 37.9. The van der Waals surface area contributed by atoms with Crippen LogP contribution in [-0.4, -0.2) is 61.8 Å². The van der Waals surface area contributed by atoms with Gasteiger partial charge in [-0.05, 0) is 64.7 Å². The van der Waals surface area contributed by atoms with Crippen molar-refractivity contribution in [2.45, 2.75) is 44.6 Å². The second kappa shape index (κ2) is 5.71. The van der Waals surface area contributed by atoms with Gasteiger partial charge in [-0.15, -0.1) is 0 Å². The maximum absolute atomic E-state index is 5.86. The quantitative estimate of drug-likeness (QED) is 0.711. The lowest BCUT2D eigenvalue weighted by atomic mass is 9.76. The maximum atomic E-state index is 5.86. The van der Waals surface area contributed by atoms with E-state index in [1.807, 2.05) is 0 Å². The Morgan fingerprint density at radius 3 is 2.68 bits per heavy atom. The van der Waals surface area contributed by atoms with E-state index in [2.05, 4.69) is 23.8 Å². The molecular weight excluding hydrogens is 236 g/mol. The summed E-state index contributed by atoms with van der Waals surface area (Å²) in [7, 11) is 2.26. The lowest BCUT2D eigenvalue weighted by molar-refractivity contribution is 0.0629. The van der Waals surface area contributed by atoms with Gasteiger partial charge in [0, 0.05) is 19.0 Å². The minimum Gasteiger partial charge on any atom is -0.369 e. The molecular formula is C16H30N2O. The van der Waals surface area contributed by atoms with Crippen molar-refractivity contribution in [3.63, 3.8) is 0 Å². The van der Waals surface area contributed by atoms with E-state index in [-0.39, 0.29) is 0 Å². The van der Waals surface area contributed by atoms with E-state index >= 15 is 0 Å². The van der Waals surface area contributed by atoms with Crippen molar-refractivity contribution in [1.82, 2.24) is 9.80 Å². The molecule has 3 heterocycles. The number of likely N-dealkylation sites (tertiary alicyclic amines) is 2. The fraction of sp³-hybridized carbons (Fsp3) is 1.00. The summed E-state index contributed by atoms with van der Waals surface area (Å²) in [6.07, 6.45) is 6.84. The molecule has 1 spiro atoms. The van der Waals surface area contributed by atoms with Crippen LogP contribution >= 0.6 is 0 Å². The highest BCUT2D eigenvalue weighted by Crippen LogP contribution is 2.46. The summed E-state index contributed by atoms with van der Waals surface area (Å²) in [5, 5.41) is 0. The Hall–Kier alpha value is -0.120. The summed E-state index contributed by atoms with van der Waals surface area (Å²) in [6.45, 7) is 9.95. The summed E-state index contributed by atoms with van der Waals surface area (Å²) in [6, 6.07) is 0. The van der Waals surface area contributed by atoms with Gasteiger partial charge in [0.05, 0.1) is 12.2 Å². The van der Waals surface area contributed by atoms with Gasteiger partial charge in [0.1, 0.15) is 0 Å². The minimum atomic E-state index is 0.291. The topological polar surface area (TPSA) is 19.0 Å². The number of hydrogen-bond donors (Lipinski definition) is 0. The number of rotatable bonds is 5. The molecule has 0 N–H and O–H groups in total. The van der Waals surface area contributed by atoms with Crippen molar-refractivity contribution in [2.24, 2.45) is 11.8 Å². The first-order valence-electron chi connectivity index (χ1n) is 8.24. The molecule has 2 unspecified atom stereocenters. The predicted molar refractivity (Wildman–Crippen MR) is 78.4 cm³/mol. The molecule has 0 amide bonds. The summed E-state index contributed by atoms with van der Waals surface area (Å²) < 4.78 is 5.86. The molecule has 3 fully saturated rings. The molecule has 0 radical (unpaired) electrons. The standard InChI is InChI=1S/C16H30N2O/c1-14(6-5-10-18-8-3-4-9-18)15-12-17(2)11-7-16(15)13-19-16/h14-15H,3-13H2,1-2H3/t14?,15?,16-/m0/s1. The minimum absolute atomic E-state index is 0.291. The van der Waals surface area contributed by atoms with Crippen LogP contribution in [0.15, 0.2) is 0 Å². The molecule has 3 heteroatoms. The fourth-order valence-electron chi connectivity index (χ4n) is 4.15. The van der Waals surface area contributed by atoms with Crippen molar-refractivity contribution in [3.8, 4) is 0 Å². The van der Waals surface area contributed by atoms with Gasteiger partial charge < -0.3 is 14.5 Å². The predicted octanol–water partition coefficient (Wildman–Crippen LogP) is 2.22. The zero-order chi connectivity index (χ0) is 13.3. The monoisotopic (exact) mass is 266 g/mol. The first-order chi connectivity index (χ1) is 9.20. The second-order valence-corrected chi connectivity index (χ2v) is 7.14. The highest BCUT2D eigenvalue weighted by Gasteiger charge is 2.54. The second-order valence-electron chi connectivity index (χ2n) is 7.14. The summed E-state index contributed by atoms with van der Waals surface area (Å²) in [5.74, 6) is 1.58. The van der Waals surface area contributed by atoms with Crippen LogP contribution in [0.4, 0.5) is 0 Å². The van der Waals surface area contributed by atoms with Gasteiger partial charge in [-0.1, -0.05) is 6.92 Å². The highest BCUT2D eigenvalue weighted by molar-refractivity contribution is 5.03. The number of nitrogens with zero attached hydrogens (tertiary/aromatic N) is 2. The van der Waals surface area contributed by atoms with Crippen molar-refractivity contribution in [2.75, 3.05) is 46.4 Å². The molecule has 0 aromatic carbocycles. The van der Waals surface area contributed by atoms with Gasteiger partial charge in [0.25, 0.3) is 0 Å². The lowest BCUT2D eigenvalue weighted by Gasteiger charge is -2.38. The van der Waals surface area contributed by atoms with Gasteiger partial charge in [0.15, 0.2) is 0 Å². The Labute approximate surface area is 118 Å². The molecule has 3 rings (SSSR count). The third-order valence-electron chi connectivity index (χ3n) is 5.64. The Kier molecular flexibility index (Phi) is 4.16.